The van der Waals surface area contributed by atoms with Gasteiger partial charge in [-0.3, -0.25) is 0 Å². The van der Waals surface area contributed by atoms with E-state index >= 15 is 0 Å². The predicted octanol–water partition coefficient (Wildman–Crippen LogP) is 13.2. The van der Waals surface area contributed by atoms with Gasteiger partial charge in [-0.05, 0) is 99.7 Å². The van der Waals surface area contributed by atoms with Gasteiger partial charge >= 0.3 is 0 Å². The van der Waals surface area contributed by atoms with Gasteiger partial charge in [0.15, 0.2) is 0 Å². The Bertz CT molecular complexity index is 3610. The quantitative estimate of drug-likeness (QED) is 0.107. The molecule has 12 aromatic rings. The van der Waals surface area contributed by atoms with E-state index in [0.29, 0.717) is 0 Å². The van der Waals surface area contributed by atoms with Gasteiger partial charge in [0.05, 0.1) is 10.8 Å². The summed E-state index contributed by atoms with van der Waals surface area (Å²) in [6.07, 6.45) is 14.0. The molecule has 0 unspecified atom stereocenters. The summed E-state index contributed by atoms with van der Waals surface area (Å²) in [5.41, 5.74) is 13.5. The molecule has 2 heterocycles. The van der Waals surface area contributed by atoms with Crippen molar-refractivity contribution in [2.75, 3.05) is 0 Å². The molecule has 6 aliphatic rings. The standard InChI is InChI=1S/C66H50N4/c1-5-21-49-45(17-1)37-46-18-2-6-22-50(46)57(49)39-67-33-35-69(43-67)41-65-59-29-13-9-25-53(59)64(54-26-10-14-30-60(54)65)66(61-31-15-11-27-55(61)63(65)56-28-12-16-32-62(56)66)42-70-36-34-68(44-70)40-58-51-23-7-3-19-47(51)38-48-20-4-8-24-52(48)58/h1-38,43-44,63-64H,39-42H2/q+2. The average Bonchev–Trinajstić information content (AvgIpc) is 4.08. The third-order valence-corrected chi connectivity index (χ3v) is 16.8. The van der Waals surface area contributed by atoms with Crippen molar-refractivity contribution in [2.24, 2.45) is 0 Å². The van der Waals surface area contributed by atoms with E-state index in [-0.39, 0.29) is 11.8 Å². The summed E-state index contributed by atoms with van der Waals surface area (Å²) in [4.78, 5) is 0. The van der Waals surface area contributed by atoms with Crippen molar-refractivity contribution < 1.29 is 9.13 Å². The minimum absolute atomic E-state index is 0.0590. The Kier molecular flexibility index (Phi) is 8.54. The van der Waals surface area contributed by atoms with Crippen LogP contribution >= 0.6 is 0 Å². The number of hydrogen-bond acceptors (Lipinski definition) is 0. The molecule has 0 N–H and O–H groups in total. The van der Waals surface area contributed by atoms with Crippen LogP contribution < -0.4 is 9.13 Å². The number of rotatable bonds is 8. The zero-order valence-corrected chi connectivity index (χ0v) is 38.9. The second kappa shape index (κ2) is 15.1. The number of fused-ring (bicyclic) bond motifs is 4. The average molecular weight is 899 g/mol. The molecule has 0 amide bonds. The van der Waals surface area contributed by atoms with Crippen molar-refractivity contribution in [2.45, 2.75) is 48.8 Å². The summed E-state index contributed by atoms with van der Waals surface area (Å²) < 4.78 is 9.79. The molecule has 10 aromatic carbocycles. The zero-order valence-electron chi connectivity index (χ0n) is 38.9. The maximum atomic E-state index is 2.49. The number of benzene rings is 10. The second-order valence-electron chi connectivity index (χ2n) is 20.3. The molecule has 4 bridgehead atoms. The first kappa shape index (κ1) is 39.6. The lowest BCUT2D eigenvalue weighted by Crippen LogP contribution is -2.56. The fourth-order valence-electron chi connectivity index (χ4n) is 14.2. The number of hydrogen-bond donors (Lipinski definition) is 0. The van der Waals surface area contributed by atoms with Gasteiger partial charge in [0.25, 0.3) is 0 Å². The van der Waals surface area contributed by atoms with Crippen molar-refractivity contribution in [1.29, 1.82) is 0 Å². The minimum atomic E-state index is -0.414. The summed E-state index contributed by atoms with van der Waals surface area (Å²) in [5.74, 6) is 0.118. The number of nitrogens with zero attached hydrogens (tertiary/aromatic N) is 4. The number of imidazole rings is 2. The van der Waals surface area contributed by atoms with Gasteiger partial charge in [0.1, 0.15) is 51.0 Å². The minimum Gasteiger partial charge on any atom is -0.236 e. The van der Waals surface area contributed by atoms with Crippen LogP contribution in [-0.4, -0.2) is 9.13 Å². The van der Waals surface area contributed by atoms with E-state index in [4.69, 9.17) is 0 Å². The van der Waals surface area contributed by atoms with Crippen molar-refractivity contribution in [3.63, 3.8) is 0 Å². The molecule has 4 heteroatoms. The van der Waals surface area contributed by atoms with Crippen LogP contribution in [0.1, 0.15) is 67.5 Å². The normalized spacial score (nSPS) is 19.5. The van der Waals surface area contributed by atoms with Gasteiger partial charge in [-0.25, -0.2) is 18.3 Å². The highest BCUT2D eigenvalue weighted by atomic mass is 15.1. The fourth-order valence-corrected chi connectivity index (χ4v) is 14.2. The maximum Gasteiger partial charge on any atom is 0.244 e. The Hall–Kier alpha value is -8.34. The molecule has 4 nitrogen and oxygen atoms in total. The molecule has 332 valence electrons. The molecule has 0 saturated carbocycles. The fraction of sp³-hybridized carbons (Fsp3) is 0.121. The molecule has 2 aromatic heterocycles. The Balaban J connectivity index is 0.896. The zero-order chi connectivity index (χ0) is 46.0. The topological polar surface area (TPSA) is 17.6 Å². The van der Waals surface area contributed by atoms with Crippen molar-refractivity contribution >= 4 is 43.1 Å². The van der Waals surface area contributed by atoms with Gasteiger partial charge in [-0.2, -0.15) is 0 Å². The van der Waals surface area contributed by atoms with Gasteiger partial charge in [0.2, 0.25) is 12.7 Å². The highest BCUT2D eigenvalue weighted by molar-refractivity contribution is 6.03. The van der Waals surface area contributed by atoms with Gasteiger partial charge in [0, 0.05) is 23.0 Å². The summed E-state index contributed by atoms with van der Waals surface area (Å²) in [7, 11) is 0. The van der Waals surface area contributed by atoms with Crippen LogP contribution in [0, 0.1) is 0 Å². The van der Waals surface area contributed by atoms with Crippen LogP contribution in [0.2, 0.25) is 0 Å². The third-order valence-electron chi connectivity index (χ3n) is 16.8. The summed E-state index contributed by atoms with van der Waals surface area (Å²) in [6.45, 7) is 3.15. The molecule has 0 atom stereocenters. The van der Waals surface area contributed by atoms with Crippen LogP contribution in [0.3, 0.4) is 0 Å². The smallest absolute Gasteiger partial charge is 0.236 e. The molecular weight excluding hydrogens is 849 g/mol. The Morgan fingerprint density at radius 2 is 0.629 bits per heavy atom. The molecule has 0 fully saturated rings. The summed E-state index contributed by atoms with van der Waals surface area (Å²) in [6, 6.07) is 78.3. The lowest BCUT2D eigenvalue weighted by molar-refractivity contribution is -0.687. The lowest BCUT2D eigenvalue weighted by atomic mass is 9.42. The maximum absolute atomic E-state index is 2.49. The summed E-state index contributed by atoms with van der Waals surface area (Å²) >= 11 is 0. The van der Waals surface area contributed by atoms with Gasteiger partial charge in [-0.1, -0.05) is 194 Å². The van der Waals surface area contributed by atoms with Crippen LogP contribution in [0.4, 0.5) is 0 Å². The first-order valence-corrected chi connectivity index (χ1v) is 24.9. The monoisotopic (exact) mass is 898 g/mol. The Morgan fingerprint density at radius 3 is 0.957 bits per heavy atom. The third kappa shape index (κ3) is 5.59. The first-order chi connectivity index (χ1) is 34.7. The highest BCUT2D eigenvalue weighted by Gasteiger charge is 2.64. The van der Waals surface area contributed by atoms with Crippen LogP contribution in [0.25, 0.3) is 43.1 Å². The molecule has 70 heavy (non-hydrogen) atoms. The molecular formula is C66H50N4+2. The molecule has 0 radical (unpaired) electrons. The van der Waals surface area contributed by atoms with E-state index in [1.807, 2.05) is 0 Å². The van der Waals surface area contributed by atoms with E-state index in [1.54, 1.807) is 0 Å². The van der Waals surface area contributed by atoms with Crippen LogP contribution in [0.15, 0.2) is 244 Å². The van der Waals surface area contributed by atoms with E-state index in [9.17, 15) is 0 Å². The van der Waals surface area contributed by atoms with E-state index < -0.39 is 10.8 Å². The SMILES string of the molecule is c1ccc2c(c1)C1c3ccccc3C2(Cn2cc[n+](Cc3c4ccccc4cc4ccccc34)c2)C2c3ccccc3C1(Cn1cc[n+](Cc3c4ccccc4cc4ccccc34)c1)c1ccccc12. The van der Waals surface area contributed by atoms with Crippen molar-refractivity contribution in [3.8, 4) is 0 Å². The predicted molar refractivity (Wildman–Crippen MR) is 281 cm³/mol. The Morgan fingerprint density at radius 1 is 0.343 bits per heavy atom. The van der Waals surface area contributed by atoms with Crippen LogP contribution in [0.5, 0.6) is 0 Å². The largest absolute Gasteiger partial charge is 0.244 e. The summed E-state index contributed by atoms with van der Waals surface area (Å²) in [5, 5.41) is 10.4. The highest BCUT2D eigenvalue weighted by Crippen LogP contribution is 2.69. The lowest BCUT2D eigenvalue weighted by Gasteiger charge is -2.59. The van der Waals surface area contributed by atoms with E-state index in [2.05, 4.69) is 262 Å². The molecule has 0 spiro atoms. The van der Waals surface area contributed by atoms with E-state index in [0.717, 1.165) is 26.2 Å². The molecule has 6 aliphatic carbocycles. The van der Waals surface area contributed by atoms with Crippen LogP contribution in [-0.2, 0) is 37.0 Å². The van der Waals surface area contributed by atoms with Gasteiger partial charge < -0.3 is 0 Å². The van der Waals surface area contributed by atoms with E-state index in [1.165, 1.54) is 98.7 Å². The molecule has 0 aliphatic heterocycles. The Labute approximate surface area is 407 Å². The van der Waals surface area contributed by atoms with Gasteiger partial charge in [-0.15, -0.1) is 0 Å². The molecule has 18 rings (SSSR count). The van der Waals surface area contributed by atoms with Crippen molar-refractivity contribution in [3.05, 3.63) is 299 Å². The first-order valence-electron chi connectivity index (χ1n) is 24.9. The second-order valence-corrected chi connectivity index (χ2v) is 20.3. The molecule has 0 saturated heterocycles. The van der Waals surface area contributed by atoms with Crippen molar-refractivity contribution in [1.82, 2.24) is 9.13 Å². The number of aromatic nitrogens is 4.